The number of rotatable bonds is 9. The molecule has 0 fully saturated rings. The minimum atomic E-state index is -1.44. The Morgan fingerprint density at radius 2 is 1.41 bits per heavy atom. The Kier molecular flexibility index (Phi) is 7.16. The van der Waals surface area contributed by atoms with Crippen molar-refractivity contribution < 1.29 is 13.6 Å². The van der Waals surface area contributed by atoms with E-state index in [1.54, 1.807) is 0 Å². The van der Waals surface area contributed by atoms with Crippen molar-refractivity contribution in [3.63, 3.8) is 0 Å². The Morgan fingerprint density at radius 3 is 2.05 bits per heavy atom. The number of ether oxygens (including phenoxy) is 1. The minimum Gasteiger partial charge on any atom is -0.457 e. The summed E-state index contributed by atoms with van der Waals surface area (Å²) in [7, 11) is -1.44. The van der Waals surface area contributed by atoms with Crippen molar-refractivity contribution in [2.75, 3.05) is 13.2 Å². The van der Waals surface area contributed by atoms with Gasteiger partial charge in [0.05, 0.1) is 0 Å². The standard InChI is InChI=1S/C18H23O3Si/c1-3-13-19-22(20-14-4-2)18-12-8-11-17(15-18)21-16-9-6-5-7-10-16/h5-12,15H,3-4,13-14H2,1-2H3. The van der Waals surface area contributed by atoms with Crippen LogP contribution in [0.25, 0.3) is 0 Å². The summed E-state index contributed by atoms with van der Waals surface area (Å²) in [5.41, 5.74) is 0. The minimum absolute atomic E-state index is 0.724. The Bertz CT molecular complexity index is 537. The number of hydrogen-bond acceptors (Lipinski definition) is 3. The van der Waals surface area contributed by atoms with E-state index < -0.39 is 9.28 Å². The van der Waals surface area contributed by atoms with Crippen LogP contribution in [-0.4, -0.2) is 22.5 Å². The number of benzene rings is 2. The molecule has 2 aromatic carbocycles. The van der Waals surface area contributed by atoms with Gasteiger partial charge in [0.15, 0.2) is 0 Å². The van der Waals surface area contributed by atoms with E-state index in [1.807, 2.05) is 48.5 Å². The molecule has 0 aromatic heterocycles. The summed E-state index contributed by atoms with van der Waals surface area (Å²) in [6.07, 6.45) is 1.98. The van der Waals surface area contributed by atoms with Crippen LogP contribution in [0.2, 0.25) is 0 Å². The Labute approximate surface area is 134 Å². The molecule has 0 unspecified atom stereocenters. The van der Waals surface area contributed by atoms with Crippen LogP contribution in [0, 0.1) is 0 Å². The molecule has 2 rings (SSSR count). The molecule has 0 saturated heterocycles. The molecule has 0 saturated carbocycles. The highest BCUT2D eigenvalue weighted by molar-refractivity contribution is 6.61. The molecular formula is C18H23O3Si. The maximum absolute atomic E-state index is 5.91. The predicted octanol–water partition coefficient (Wildman–Crippen LogP) is 4.03. The zero-order chi connectivity index (χ0) is 15.6. The lowest BCUT2D eigenvalue weighted by atomic mass is 10.3. The summed E-state index contributed by atoms with van der Waals surface area (Å²) in [5, 5.41) is 1.08. The van der Waals surface area contributed by atoms with Gasteiger partial charge >= 0.3 is 9.28 Å². The molecule has 0 N–H and O–H groups in total. The maximum atomic E-state index is 5.91. The van der Waals surface area contributed by atoms with Crippen LogP contribution in [0.3, 0.4) is 0 Å². The average molecular weight is 315 g/mol. The third-order valence-electron chi connectivity index (χ3n) is 2.92. The monoisotopic (exact) mass is 315 g/mol. The van der Waals surface area contributed by atoms with Crippen molar-refractivity contribution >= 4 is 14.5 Å². The lowest BCUT2D eigenvalue weighted by molar-refractivity contribution is 0.207. The number of para-hydroxylation sites is 1. The van der Waals surface area contributed by atoms with Gasteiger partial charge in [-0.15, -0.1) is 0 Å². The predicted molar refractivity (Wildman–Crippen MR) is 90.8 cm³/mol. The molecule has 117 valence electrons. The van der Waals surface area contributed by atoms with Crippen LogP contribution in [-0.2, 0) is 8.85 Å². The van der Waals surface area contributed by atoms with Gasteiger partial charge in [0.2, 0.25) is 0 Å². The second-order valence-electron chi connectivity index (χ2n) is 4.93. The fourth-order valence-electron chi connectivity index (χ4n) is 1.91. The first-order chi connectivity index (χ1) is 10.8. The highest BCUT2D eigenvalue weighted by atomic mass is 28.3. The van der Waals surface area contributed by atoms with Gasteiger partial charge in [-0.2, -0.15) is 0 Å². The molecule has 0 amide bonds. The molecule has 2 aromatic rings. The van der Waals surface area contributed by atoms with Gasteiger partial charge in [-0.1, -0.05) is 44.2 Å². The van der Waals surface area contributed by atoms with Crippen molar-refractivity contribution in [2.45, 2.75) is 26.7 Å². The van der Waals surface area contributed by atoms with Crippen LogP contribution in [0.5, 0.6) is 11.5 Å². The van der Waals surface area contributed by atoms with Gasteiger partial charge in [-0.05, 0) is 42.3 Å². The highest BCUT2D eigenvalue weighted by Gasteiger charge is 2.19. The van der Waals surface area contributed by atoms with E-state index in [0.29, 0.717) is 0 Å². The summed E-state index contributed by atoms with van der Waals surface area (Å²) in [5.74, 6) is 1.64. The second-order valence-corrected chi connectivity index (χ2v) is 6.66. The molecule has 0 aliphatic rings. The second kappa shape index (κ2) is 9.41. The lowest BCUT2D eigenvalue weighted by Crippen LogP contribution is -2.37. The molecule has 4 heteroatoms. The van der Waals surface area contributed by atoms with E-state index in [9.17, 15) is 0 Å². The zero-order valence-corrected chi connectivity index (χ0v) is 14.2. The maximum Gasteiger partial charge on any atom is 0.423 e. The summed E-state index contributed by atoms with van der Waals surface area (Å²) in [6, 6.07) is 17.8. The van der Waals surface area contributed by atoms with E-state index in [0.717, 1.165) is 42.7 Å². The van der Waals surface area contributed by atoms with E-state index in [1.165, 1.54) is 0 Å². The van der Waals surface area contributed by atoms with Crippen molar-refractivity contribution in [1.82, 2.24) is 0 Å². The van der Waals surface area contributed by atoms with E-state index in [4.69, 9.17) is 13.6 Å². The van der Waals surface area contributed by atoms with Crippen molar-refractivity contribution in [2.24, 2.45) is 0 Å². The third kappa shape index (κ3) is 5.29. The first-order valence-corrected chi connectivity index (χ1v) is 9.11. The van der Waals surface area contributed by atoms with E-state index in [2.05, 4.69) is 19.9 Å². The van der Waals surface area contributed by atoms with Gasteiger partial charge in [0.25, 0.3) is 0 Å². The SMILES string of the molecule is CCCO[Si](OCCC)c1cccc(Oc2ccccc2)c1. The highest BCUT2D eigenvalue weighted by Crippen LogP contribution is 2.19. The molecule has 0 atom stereocenters. The van der Waals surface area contributed by atoms with Crippen LogP contribution >= 0.6 is 0 Å². The normalized spacial score (nSPS) is 10.9. The quantitative estimate of drug-likeness (QED) is 0.654. The average Bonchev–Trinajstić information content (AvgIpc) is 2.56. The van der Waals surface area contributed by atoms with Crippen molar-refractivity contribution in [3.8, 4) is 11.5 Å². The molecule has 0 spiro atoms. The first-order valence-electron chi connectivity index (χ1n) is 7.79. The van der Waals surface area contributed by atoms with Crippen molar-refractivity contribution in [3.05, 3.63) is 54.6 Å². The van der Waals surface area contributed by atoms with Gasteiger partial charge in [-0.25, -0.2) is 0 Å². The van der Waals surface area contributed by atoms with Gasteiger partial charge in [0, 0.05) is 13.2 Å². The molecule has 0 heterocycles. The molecule has 0 aliphatic heterocycles. The molecule has 3 nitrogen and oxygen atoms in total. The third-order valence-corrected chi connectivity index (χ3v) is 4.64. The zero-order valence-electron chi connectivity index (χ0n) is 13.2. The summed E-state index contributed by atoms with van der Waals surface area (Å²) < 4.78 is 17.7. The van der Waals surface area contributed by atoms with Crippen LogP contribution in [0.15, 0.2) is 54.6 Å². The van der Waals surface area contributed by atoms with Gasteiger partial charge < -0.3 is 13.6 Å². The topological polar surface area (TPSA) is 27.7 Å². The van der Waals surface area contributed by atoms with E-state index >= 15 is 0 Å². The first kappa shape index (κ1) is 16.7. The summed E-state index contributed by atoms with van der Waals surface area (Å²) in [4.78, 5) is 0. The lowest BCUT2D eigenvalue weighted by Gasteiger charge is -2.15. The summed E-state index contributed by atoms with van der Waals surface area (Å²) >= 11 is 0. The van der Waals surface area contributed by atoms with E-state index in [-0.39, 0.29) is 0 Å². The van der Waals surface area contributed by atoms with Crippen LogP contribution < -0.4 is 9.92 Å². The molecule has 1 radical (unpaired) electrons. The fourth-order valence-corrected chi connectivity index (χ4v) is 3.60. The van der Waals surface area contributed by atoms with Crippen LogP contribution in [0.1, 0.15) is 26.7 Å². The van der Waals surface area contributed by atoms with Gasteiger partial charge in [0.1, 0.15) is 11.5 Å². The smallest absolute Gasteiger partial charge is 0.423 e. The van der Waals surface area contributed by atoms with Crippen molar-refractivity contribution in [1.29, 1.82) is 0 Å². The Morgan fingerprint density at radius 1 is 0.773 bits per heavy atom. The fraction of sp³-hybridized carbons (Fsp3) is 0.333. The van der Waals surface area contributed by atoms with Crippen LogP contribution in [0.4, 0.5) is 0 Å². The Balaban J connectivity index is 2.10. The number of hydrogen-bond donors (Lipinski definition) is 0. The molecule has 22 heavy (non-hydrogen) atoms. The summed E-state index contributed by atoms with van der Waals surface area (Å²) in [6.45, 7) is 5.66. The Hall–Kier alpha value is -1.62. The van der Waals surface area contributed by atoms with Gasteiger partial charge in [-0.3, -0.25) is 0 Å². The largest absolute Gasteiger partial charge is 0.457 e. The molecule has 0 aliphatic carbocycles. The molecule has 0 bridgehead atoms. The molecular weight excluding hydrogens is 292 g/mol.